The second kappa shape index (κ2) is 11.4. The van der Waals surface area contributed by atoms with E-state index in [-0.39, 0.29) is 12.1 Å². The van der Waals surface area contributed by atoms with Gasteiger partial charge >= 0.3 is 6.18 Å². The van der Waals surface area contributed by atoms with Gasteiger partial charge in [0.15, 0.2) is 0 Å². The summed E-state index contributed by atoms with van der Waals surface area (Å²) in [5.74, 6) is -2.07. The summed E-state index contributed by atoms with van der Waals surface area (Å²) >= 11 is 0. The number of alkyl halides is 3. The Balaban J connectivity index is 1.70. The number of aromatic nitrogens is 2. The molecule has 0 bridgehead atoms. The third-order valence-corrected chi connectivity index (χ3v) is 7.16. The van der Waals surface area contributed by atoms with E-state index in [1.54, 1.807) is 23.7 Å². The summed E-state index contributed by atoms with van der Waals surface area (Å²) in [6.07, 6.45) is -4.64. The predicted molar refractivity (Wildman–Crippen MR) is 150 cm³/mol. The average molecular weight is 580 g/mol. The number of fused-ring (bicyclic) bond motifs is 1. The summed E-state index contributed by atoms with van der Waals surface area (Å²) in [7, 11) is 3.75. The van der Waals surface area contributed by atoms with Crippen LogP contribution in [0.3, 0.4) is 0 Å². The van der Waals surface area contributed by atoms with Gasteiger partial charge in [0.1, 0.15) is 17.7 Å². The van der Waals surface area contributed by atoms with Crippen LogP contribution in [-0.2, 0) is 17.5 Å². The van der Waals surface area contributed by atoms with Crippen molar-refractivity contribution in [3.8, 4) is 5.69 Å². The van der Waals surface area contributed by atoms with Gasteiger partial charge in [-0.25, -0.2) is 9.07 Å². The molecule has 5 rings (SSSR count). The number of benzene rings is 3. The van der Waals surface area contributed by atoms with Gasteiger partial charge in [-0.3, -0.25) is 14.5 Å². The van der Waals surface area contributed by atoms with Crippen molar-refractivity contribution in [1.29, 1.82) is 0 Å². The zero-order chi connectivity index (χ0) is 30.2. The van der Waals surface area contributed by atoms with Crippen molar-refractivity contribution in [2.75, 3.05) is 25.5 Å². The molecule has 0 unspecified atom stereocenters. The van der Waals surface area contributed by atoms with Crippen molar-refractivity contribution in [3.63, 3.8) is 0 Å². The number of likely N-dealkylation sites (N-methyl/N-ethyl adjacent to an activating group) is 1. The molecular weight excluding hydrogens is 550 g/mol. The molecule has 1 aromatic heterocycles. The molecule has 1 aliphatic rings. The van der Waals surface area contributed by atoms with Gasteiger partial charge in [-0.05, 0) is 69.0 Å². The number of nitrogens with zero attached hydrogens (tertiary/aromatic N) is 4. The molecule has 0 radical (unpaired) electrons. The summed E-state index contributed by atoms with van der Waals surface area (Å²) < 4.78 is 55.9. The summed E-state index contributed by atoms with van der Waals surface area (Å²) in [5, 5.41) is 7.63. The monoisotopic (exact) mass is 579 g/mol. The molecule has 218 valence electrons. The Morgan fingerprint density at radius 3 is 2.31 bits per heavy atom. The third kappa shape index (κ3) is 5.52. The lowest BCUT2D eigenvalue weighted by molar-refractivity contribution is -0.137. The van der Waals surface area contributed by atoms with E-state index in [2.05, 4.69) is 5.32 Å². The number of carbonyl (C=O) groups is 2. The molecule has 2 amide bonds. The van der Waals surface area contributed by atoms with E-state index in [1.165, 1.54) is 23.1 Å². The summed E-state index contributed by atoms with van der Waals surface area (Å²) in [6.45, 7) is 2.41. The number of hydrogen-bond donors (Lipinski definition) is 1. The quantitative estimate of drug-likeness (QED) is 0.298. The Morgan fingerprint density at radius 1 is 1.00 bits per heavy atom. The smallest absolute Gasteiger partial charge is 0.339 e. The Bertz CT molecular complexity index is 1600. The predicted octanol–water partition coefficient (Wildman–Crippen LogP) is 5.39. The van der Waals surface area contributed by atoms with Crippen LogP contribution in [-0.4, -0.2) is 53.2 Å². The first kappa shape index (κ1) is 29.0. The van der Waals surface area contributed by atoms with Crippen LogP contribution in [0.1, 0.15) is 45.6 Å². The first-order chi connectivity index (χ1) is 20.0. The Labute approximate surface area is 240 Å². The number of nitrogens with one attached hydrogen (secondary N) is 1. The minimum absolute atomic E-state index is 0.234. The highest BCUT2D eigenvalue weighted by Crippen LogP contribution is 2.44. The number of carbonyl (C=O) groups excluding carboxylic acids is 2. The van der Waals surface area contributed by atoms with Crippen LogP contribution in [0.5, 0.6) is 0 Å². The number of halogens is 4. The maximum absolute atomic E-state index is 14.2. The Hall–Kier alpha value is -4.51. The van der Waals surface area contributed by atoms with Gasteiger partial charge < -0.3 is 10.2 Å². The lowest BCUT2D eigenvalue weighted by atomic mass is 9.80. The van der Waals surface area contributed by atoms with Gasteiger partial charge in [-0.15, -0.1) is 0 Å². The number of para-hydroxylation sites is 1. The molecule has 42 heavy (non-hydrogen) atoms. The minimum Gasteiger partial charge on any atom is -0.339 e. The number of hydrogen-bond acceptors (Lipinski definition) is 4. The minimum atomic E-state index is -4.64. The van der Waals surface area contributed by atoms with E-state index in [0.717, 1.165) is 18.2 Å². The van der Waals surface area contributed by atoms with Crippen LogP contribution in [0.15, 0.2) is 78.9 Å². The van der Waals surface area contributed by atoms with Gasteiger partial charge in [-0.2, -0.15) is 18.3 Å². The van der Waals surface area contributed by atoms with Crippen molar-refractivity contribution in [2.45, 2.75) is 31.6 Å². The molecule has 0 saturated heterocycles. The lowest BCUT2D eigenvalue weighted by Crippen LogP contribution is -2.55. The molecule has 2 atom stereocenters. The van der Waals surface area contributed by atoms with Gasteiger partial charge in [0, 0.05) is 30.1 Å². The number of rotatable bonds is 7. The average Bonchev–Trinajstić information content (AvgIpc) is 3.32. The summed E-state index contributed by atoms with van der Waals surface area (Å²) in [5.41, 5.74) is 1.35. The van der Waals surface area contributed by atoms with E-state index >= 15 is 0 Å². The van der Waals surface area contributed by atoms with E-state index in [4.69, 9.17) is 5.10 Å². The van der Waals surface area contributed by atoms with E-state index in [1.807, 2.05) is 49.3 Å². The highest BCUT2D eigenvalue weighted by molar-refractivity contribution is 6.05. The molecule has 11 heteroatoms. The largest absolute Gasteiger partial charge is 0.416 e. The van der Waals surface area contributed by atoms with E-state index < -0.39 is 41.3 Å². The van der Waals surface area contributed by atoms with Crippen molar-refractivity contribution < 1.29 is 27.2 Å². The highest BCUT2D eigenvalue weighted by Gasteiger charge is 2.46. The number of anilines is 1. The molecule has 1 aliphatic heterocycles. The lowest BCUT2D eigenvalue weighted by Gasteiger charge is -2.38. The summed E-state index contributed by atoms with van der Waals surface area (Å²) in [6, 6.07) is 17.7. The maximum Gasteiger partial charge on any atom is 0.416 e. The second-order valence-electron chi connectivity index (χ2n) is 10.3. The van der Waals surface area contributed by atoms with E-state index in [0.29, 0.717) is 34.9 Å². The van der Waals surface area contributed by atoms with Crippen molar-refractivity contribution in [3.05, 3.63) is 113 Å². The topological polar surface area (TPSA) is 70.5 Å². The van der Waals surface area contributed by atoms with Crippen LogP contribution < -0.4 is 10.2 Å². The van der Waals surface area contributed by atoms with Crippen molar-refractivity contribution in [2.24, 2.45) is 0 Å². The SMILES string of the molecule is CCN1C(=O)[C@H](NC(=O)c2cccc(C(F)(F)F)c2)[C@H](c2ccc(F)cc2)c2c(CN(C)C)nn(-c3ccccc3)c21. The van der Waals surface area contributed by atoms with Crippen molar-refractivity contribution in [1.82, 2.24) is 20.0 Å². The Kier molecular flexibility index (Phi) is 7.87. The van der Waals surface area contributed by atoms with E-state index in [9.17, 15) is 27.2 Å². The molecule has 0 aliphatic carbocycles. The fraction of sp³-hybridized carbons (Fsp3) is 0.258. The zero-order valence-electron chi connectivity index (χ0n) is 23.2. The molecule has 0 saturated carbocycles. The first-order valence-corrected chi connectivity index (χ1v) is 13.4. The fourth-order valence-corrected chi connectivity index (χ4v) is 5.33. The Morgan fingerprint density at radius 2 is 1.69 bits per heavy atom. The highest BCUT2D eigenvalue weighted by atomic mass is 19.4. The molecule has 2 heterocycles. The first-order valence-electron chi connectivity index (χ1n) is 13.4. The van der Waals surface area contributed by atoms with Gasteiger partial charge in [0.05, 0.1) is 16.9 Å². The number of amides is 2. The second-order valence-corrected chi connectivity index (χ2v) is 10.3. The third-order valence-electron chi connectivity index (χ3n) is 7.16. The standard InChI is InChI=1S/C31H29F4N5O2/c1-4-39-29-26(24(18-38(2)3)37-40(29)23-11-6-5-7-12-23)25(19-13-15-22(32)16-14-19)27(30(39)42)36-28(41)20-9-8-10-21(17-20)31(33,34)35/h5-17,25,27H,4,18H2,1-3H3,(H,36,41)/t25-,27-/m1/s1. The van der Waals surface area contributed by atoms with Crippen LogP contribution >= 0.6 is 0 Å². The van der Waals surface area contributed by atoms with Gasteiger partial charge in [0.2, 0.25) is 0 Å². The summed E-state index contributed by atoms with van der Waals surface area (Å²) in [4.78, 5) is 31.0. The fourth-order valence-electron chi connectivity index (χ4n) is 5.33. The van der Waals surface area contributed by atoms with Gasteiger partial charge in [-0.1, -0.05) is 36.4 Å². The molecule has 0 spiro atoms. The molecule has 3 aromatic carbocycles. The van der Waals surface area contributed by atoms with Crippen LogP contribution in [0.25, 0.3) is 5.69 Å². The molecule has 7 nitrogen and oxygen atoms in total. The molecule has 4 aromatic rings. The van der Waals surface area contributed by atoms with Crippen molar-refractivity contribution >= 4 is 17.6 Å². The van der Waals surface area contributed by atoms with Crippen LogP contribution in [0.4, 0.5) is 23.4 Å². The maximum atomic E-state index is 14.2. The van der Waals surface area contributed by atoms with Crippen LogP contribution in [0.2, 0.25) is 0 Å². The normalized spacial score (nSPS) is 17.0. The molecule has 0 fully saturated rings. The zero-order valence-corrected chi connectivity index (χ0v) is 23.2. The molecule has 1 N–H and O–H groups in total. The van der Waals surface area contributed by atoms with Crippen LogP contribution in [0, 0.1) is 5.82 Å². The molecular formula is C31H29F4N5O2. The van der Waals surface area contributed by atoms with Gasteiger partial charge in [0.25, 0.3) is 11.8 Å².